The molecule has 1 unspecified atom stereocenters. The second-order valence-corrected chi connectivity index (χ2v) is 6.28. The SMILES string of the molecule is CC(c1cccc(Cl)c1)N(C)Cc1cc(F)cc(Br)c1. The molecule has 4 heteroatoms. The number of halogens is 3. The summed E-state index contributed by atoms with van der Waals surface area (Å²) < 4.78 is 14.1. The van der Waals surface area contributed by atoms with Crippen LogP contribution in [0, 0.1) is 5.82 Å². The topological polar surface area (TPSA) is 3.24 Å². The van der Waals surface area contributed by atoms with Gasteiger partial charge in [-0.05, 0) is 55.4 Å². The average Bonchev–Trinajstić information content (AvgIpc) is 2.36. The van der Waals surface area contributed by atoms with Gasteiger partial charge in [0.1, 0.15) is 5.82 Å². The monoisotopic (exact) mass is 355 g/mol. The molecule has 0 spiro atoms. The Morgan fingerprint density at radius 1 is 1.25 bits per heavy atom. The van der Waals surface area contributed by atoms with Crippen molar-refractivity contribution in [3.8, 4) is 0 Å². The first-order valence-corrected chi connectivity index (χ1v) is 7.53. The summed E-state index contributed by atoms with van der Waals surface area (Å²) in [5.74, 6) is -0.224. The third-order valence-electron chi connectivity index (χ3n) is 3.35. The summed E-state index contributed by atoms with van der Waals surface area (Å²) >= 11 is 9.34. The van der Waals surface area contributed by atoms with Crippen LogP contribution in [-0.2, 0) is 6.54 Å². The molecule has 0 aromatic heterocycles. The molecule has 0 aliphatic carbocycles. The normalized spacial score (nSPS) is 12.7. The first-order valence-electron chi connectivity index (χ1n) is 6.36. The quantitative estimate of drug-likeness (QED) is 0.705. The van der Waals surface area contributed by atoms with E-state index in [2.05, 4.69) is 33.8 Å². The fourth-order valence-corrected chi connectivity index (χ4v) is 2.86. The predicted octanol–water partition coefficient (Wildman–Crippen LogP) is 5.43. The van der Waals surface area contributed by atoms with Crippen LogP contribution in [0.25, 0.3) is 0 Å². The van der Waals surface area contributed by atoms with Gasteiger partial charge >= 0.3 is 0 Å². The van der Waals surface area contributed by atoms with Gasteiger partial charge in [-0.3, -0.25) is 4.90 Å². The fraction of sp³-hybridized carbons (Fsp3) is 0.250. The van der Waals surface area contributed by atoms with Gasteiger partial charge in [-0.1, -0.05) is 39.7 Å². The zero-order valence-corrected chi connectivity index (χ0v) is 13.7. The molecule has 1 atom stereocenters. The van der Waals surface area contributed by atoms with Crippen LogP contribution in [0.1, 0.15) is 24.1 Å². The summed E-state index contributed by atoms with van der Waals surface area (Å²) in [7, 11) is 2.02. The van der Waals surface area contributed by atoms with Crippen LogP contribution in [0.4, 0.5) is 4.39 Å². The van der Waals surface area contributed by atoms with Crippen molar-refractivity contribution >= 4 is 27.5 Å². The van der Waals surface area contributed by atoms with Crippen LogP contribution < -0.4 is 0 Å². The molecule has 0 radical (unpaired) electrons. The van der Waals surface area contributed by atoms with Crippen LogP contribution >= 0.6 is 27.5 Å². The molecule has 0 N–H and O–H groups in total. The molecule has 0 aliphatic heterocycles. The molecule has 0 fully saturated rings. The highest BCUT2D eigenvalue weighted by molar-refractivity contribution is 9.10. The lowest BCUT2D eigenvalue weighted by atomic mass is 10.1. The predicted molar refractivity (Wildman–Crippen MR) is 85.4 cm³/mol. The van der Waals surface area contributed by atoms with E-state index in [1.165, 1.54) is 6.07 Å². The Labute approximate surface area is 132 Å². The molecule has 0 amide bonds. The third-order valence-corrected chi connectivity index (χ3v) is 4.04. The van der Waals surface area contributed by atoms with Crippen LogP contribution in [0.5, 0.6) is 0 Å². The lowest BCUT2D eigenvalue weighted by molar-refractivity contribution is 0.253. The van der Waals surface area contributed by atoms with Crippen molar-refractivity contribution in [2.24, 2.45) is 0 Å². The molecule has 1 nitrogen and oxygen atoms in total. The number of hydrogen-bond donors (Lipinski definition) is 0. The van der Waals surface area contributed by atoms with E-state index in [9.17, 15) is 4.39 Å². The maximum Gasteiger partial charge on any atom is 0.124 e. The maximum atomic E-state index is 13.4. The Balaban J connectivity index is 2.13. The lowest BCUT2D eigenvalue weighted by Crippen LogP contribution is -2.22. The van der Waals surface area contributed by atoms with Gasteiger partial charge in [0, 0.05) is 22.1 Å². The van der Waals surface area contributed by atoms with Crippen molar-refractivity contribution in [1.82, 2.24) is 4.90 Å². The number of benzene rings is 2. The summed E-state index contributed by atoms with van der Waals surface area (Å²) in [6, 6.07) is 13.0. The van der Waals surface area contributed by atoms with E-state index >= 15 is 0 Å². The molecule has 2 aromatic rings. The molecule has 2 aromatic carbocycles. The van der Waals surface area contributed by atoms with Gasteiger partial charge in [0.05, 0.1) is 0 Å². The van der Waals surface area contributed by atoms with Gasteiger partial charge < -0.3 is 0 Å². The summed E-state index contributed by atoms with van der Waals surface area (Å²) in [4.78, 5) is 2.16. The molecule has 0 aliphatic rings. The Bertz CT molecular complexity index is 583. The molecule has 0 heterocycles. The summed E-state index contributed by atoms with van der Waals surface area (Å²) in [5, 5.41) is 0.733. The summed E-state index contributed by atoms with van der Waals surface area (Å²) in [6.45, 7) is 2.78. The first kappa shape index (κ1) is 15.5. The van der Waals surface area contributed by atoms with Gasteiger partial charge in [-0.2, -0.15) is 0 Å². The molecule has 20 heavy (non-hydrogen) atoms. The number of rotatable bonds is 4. The van der Waals surface area contributed by atoms with E-state index in [0.717, 1.165) is 20.6 Å². The molecule has 0 saturated carbocycles. The van der Waals surface area contributed by atoms with Crippen LogP contribution in [0.3, 0.4) is 0 Å². The van der Waals surface area contributed by atoms with Crippen molar-refractivity contribution in [2.75, 3.05) is 7.05 Å². The standard InChI is InChI=1S/C16H16BrClFN/c1-11(13-4-3-5-15(18)8-13)20(2)10-12-6-14(17)9-16(19)7-12/h3-9,11H,10H2,1-2H3. The highest BCUT2D eigenvalue weighted by Gasteiger charge is 2.13. The molecule has 106 valence electrons. The van der Waals surface area contributed by atoms with Crippen molar-refractivity contribution in [3.05, 3.63) is 68.9 Å². The number of nitrogens with zero attached hydrogens (tertiary/aromatic N) is 1. The van der Waals surface area contributed by atoms with Gasteiger partial charge in [0.2, 0.25) is 0 Å². The van der Waals surface area contributed by atoms with Crippen LogP contribution in [-0.4, -0.2) is 11.9 Å². The van der Waals surface area contributed by atoms with Crippen molar-refractivity contribution in [2.45, 2.75) is 19.5 Å². The summed E-state index contributed by atoms with van der Waals surface area (Å²) in [5.41, 5.74) is 2.09. The maximum absolute atomic E-state index is 13.4. The average molecular weight is 357 g/mol. The Hall–Kier alpha value is -0.900. The first-order chi connectivity index (χ1) is 9.45. The Morgan fingerprint density at radius 3 is 2.65 bits per heavy atom. The molecule has 2 rings (SSSR count). The van der Waals surface area contributed by atoms with E-state index in [1.807, 2.05) is 31.3 Å². The zero-order chi connectivity index (χ0) is 14.7. The molecule has 0 saturated heterocycles. The fourth-order valence-electron chi connectivity index (χ4n) is 2.15. The zero-order valence-electron chi connectivity index (χ0n) is 11.4. The second kappa shape index (κ2) is 6.70. The Morgan fingerprint density at radius 2 is 2.00 bits per heavy atom. The van der Waals surface area contributed by atoms with E-state index in [4.69, 9.17) is 11.6 Å². The van der Waals surface area contributed by atoms with E-state index in [1.54, 1.807) is 6.07 Å². The van der Waals surface area contributed by atoms with Gasteiger partial charge in [0.25, 0.3) is 0 Å². The minimum atomic E-state index is -0.224. The largest absolute Gasteiger partial charge is 0.295 e. The van der Waals surface area contributed by atoms with Gasteiger partial charge in [-0.25, -0.2) is 4.39 Å². The lowest BCUT2D eigenvalue weighted by Gasteiger charge is -2.25. The second-order valence-electron chi connectivity index (χ2n) is 4.92. The van der Waals surface area contributed by atoms with E-state index in [0.29, 0.717) is 6.54 Å². The minimum Gasteiger partial charge on any atom is -0.295 e. The minimum absolute atomic E-state index is 0.204. The molecular formula is C16H16BrClFN. The van der Waals surface area contributed by atoms with Crippen LogP contribution in [0.2, 0.25) is 5.02 Å². The molecular weight excluding hydrogens is 341 g/mol. The molecule has 0 bridgehead atoms. The van der Waals surface area contributed by atoms with E-state index < -0.39 is 0 Å². The van der Waals surface area contributed by atoms with Crippen molar-refractivity contribution in [1.29, 1.82) is 0 Å². The van der Waals surface area contributed by atoms with Crippen molar-refractivity contribution < 1.29 is 4.39 Å². The van der Waals surface area contributed by atoms with Gasteiger partial charge in [-0.15, -0.1) is 0 Å². The highest BCUT2D eigenvalue weighted by atomic mass is 79.9. The van der Waals surface area contributed by atoms with Crippen LogP contribution in [0.15, 0.2) is 46.9 Å². The van der Waals surface area contributed by atoms with E-state index in [-0.39, 0.29) is 11.9 Å². The summed E-state index contributed by atoms with van der Waals surface area (Å²) in [6.07, 6.45) is 0. The smallest absolute Gasteiger partial charge is 0.124 e. The third kappa shape index (κ3) is 4.05. The Kier molecular flexibility index (Phi) is 5.19. The van der Waals surface area contributed by atoms with Gasteiger partial charge in [0.15, 0.2) is 0 Å². The highest BCUT2D eigenvalue weighted by Crippen LogP contribution is 2.24. The number of hydrogen-bond acceptors (Lipinski definition) is 1. The van der Waals surface area contributed by atoms with Crippen molar-refractivity contribution in [3.63, 3.8) is 0 Å².